The van der Waals surface area contributed by atoms with Crippen LogP contribution in [0.5, 0.6) is 0 Å². The van der Waals surface area contributed by atoms with Crippen LogP contribution in [0.4, 0.5) is 0 Å². The van der Waals surface area contributed by atoms with Crippen molar-refractivity contribution in [2.24, 2.45) is 5.92 Å². The number of hydrogen-bond donors (Lipinski definition) is 1. The van der Waals surface area contributed by atoms with E-state index in [-0.39, 0.29) is 13.0 Å². The molecule has 2 heterocycles. The molecule has 5 heteroatoms. The molecule has 0 radical (unpaired) electrons. The van der Waals surface area contributed by atoms with Crippen LogP contribution in [0.3, 0.4) is 0 Å². The highest BCUT2D eigenvalue weighted by Crippen LogP contribution is 2.44. The van der Waals surface area contributed by atoms with Gasteiger partial charge in [-0.05, 0) is 92.1 Å². The van der Waals surface area contributed by atoms with Crippen molar-refractivity contribution in [3.63, 3.8) is 0 Å². The zero-order chi connectivity index (χ0) is 18.3. The van der Waals surface area contributed by atoms with Crippen molar-refractivity contribution in [1.82, 2.24) is 9.79 Å². The molecule has 1 atom stereocenters. The molecule has 1 saturated heterocycles. The minimum atomic E-state index is -0.370. The first-order valence-corrected chi connectivity index (χ1v) is 9.77. The van der Waals surface area contributed by atoms with Crippen LogP contribution in [0, 0.1) is 5.92 Å². The Labute approximate surface area is 160 Å². The molecule has 0 saturated carbocycles. The predicted octanol–water partition coefficient (Wildman–Crippen LogP) is 4.56. The number of halogens is 1. The van der Waals surface area contributed by atoms with Crippen molar-refractivity contribution >= 4 is 30.3 Å². The lowest BCUT2D eigenvalue weighted by Crippen LogP contribution is -2.44. The molecule has 3 nitrogen and oxygen atoms in total. The summed E-state index contributed by atoms with van der Waals surface area (Å²) in [4.78, 5) is 6.96. The maximum Gasteiger partial charge on any atom is 0.376 e. The Morgan fingerprint density at radius 1 is 1.23 bits per heavy atom. The Kier molecular flexibility index (Phi) is 4.91. The highest BCUT2D eigenvalue weighted by atomic mass is 35.5. The van der Waals surface area contributed by atoms with Gasteiger partial charge < -0.3 is 9.83 Å². The lowest BCUT2D eigenvalue weighted by atomic mass is 9.73. The molecule has 134 valence electrons. The van der Waals surface area contributed by atoms with Crippen LogP contribution in [0.1, 0.15) is 48.1 Å². The van der Waals surface area contributed by atoms with Gasteiger partial charge in [0.2, 0.25) is 0 Å². The molecule has 0 amide bonds. The normalized spacial score (nSPS) is 20.8. The first kappa shape index (κ1) is 17.8. The molecule has 1 aromatic heterocycles. The summed E-state index contributed by atoms with van der Waals surface area (Å²) in [6.07, 6.45) is 6.27. The molecular weight excluding hydrogens is 343 g/mol. The molecule has 1 N–H and O–H groups in total. The minimum absolute atomic E-state index is 0.267. The Balaban J connectivity index is 1.79. The second kappa shape index (κ2) is 7.18. The fraction of sp³-hybridized carbons (Fsp3) is 0.381. The van der Waals surface area contributed by atoms with Crippen molar-refractivity contribution in [1.29, 1.82) is 0 Å². The molecule has 0 spiro atoms. The van der Waals surface area contributed by atoms with E-state index in [0.717, 1.165) is 31.0 Å². The van der Waals surface area contributed by atoms with Crippen molar-refractivity contribution in [2.75, 3.05) is 13.1 Å². The number of pyridine rings is 1. The average Bonchev–Trinajstić information content (AvgIpc) is 2.76. The van der Waals surface area contributed by atoms with Crippen LogP contribution in [0.2, 0.25) is 11.8 Å². The average molecular weight is 367 g/mol. The number of piperidine rings is 1. The van der Waals surface area contributed by atoms with Gasteiger partial charge in [-0.1, -0.05) is 23.7 Å². The lowest BCUT2D eigenvalue weighted by molar-refractivity contribution is 0.235. The molecule has 1 aliphatic heterocycles. The molecule has 1 fully saturated rings. The molecule has 1 unspecified atom stereocenters. The molecule has 4 rings (SSSR count). The third-order valence-electron chi connectivity index (χ3n) is 5.89. The number of hydrogen-bond acceptors (Lipinski definition) is 3. The summed E-state index contributed by atoms with van der Waals surface area (Å²) in [5.74, 6) is 0.779. The fourth-order valence-electron chi connectivity index (χ4n) is 4.51. The first-order chi connectivity index (χ1) is 12.5. The van der Waals surface area contributed by atoms with E-state index in [1.54, 1.807) is 0 Å². The summed E-state index contributed by atoms with van der Waals surface area (Å²) in [5.41, 5.74) is 6.18. The summed E-state index contributed by atoms with van der Waals surface area (Å²) in [5, 5.41) is 10.7. The quantitative estimate of drug-likeness (QED) is 0.791. The summed E-state index contributed by atoms with van der Waals surface area (Å²) in [7, 11) is -0.370. The Bertz CT molecular complexity index is 844. The van der Waals surface area contributed by atoms with Crippen molar-refractivity contribution in [3.8, 4) is 0 Å². The Morgan fingerprint density at radius 2 is 2.00 bits per heavy atom. The van der Waals surface area contributed by atoms with E-state index in [1.807, 2.05) is 25.2 Å². The first-order valence-electron chi connectivity index (χ1n) is 9.39. The maximum absolute atomic E-state index is 9.89. The Morgan fingerprint density at radius 3 is 2.73 bits per heavy atom. The van der Waals surface area contributed by atoms with Crippen molar-refractivity contribution in [3.05, 3.63) is 63.9 Å². The molecule has 0 bridgehead atoms. The number of benzene rings is 1. The van der Waals surface area contributed by atoms with Crippen LogP contribution in [-0.2, 0) is 0 Å². The third kappa shape index (κ3) is 3.22. The van der Waals surface area contributed by atoms with Crippen LogP contribution in [-0.4, -0.2) is 35.0 Å². The van der Waals surface area contributed by atoms with E-state index in [4.69, 9.17) is 16.6 Å². The van der Waals surface area contributed by atoms with E-state index >= 15 is 0 Å². The number of allylic oxidation sites excluding steroid dienone is 1. The molecule has 26 heavy (non-hydrogen) atoms. The molecule has 1 aliphatic carbocycles. The molecule has 2 aliphatic rings. The maximum atomic E-state index is 9.89. The van der Waals surface area contributed by atoms with E-state index < -0.39 is 0 Å². The van der Waals surface area contributed by atoms with Crippen LogP contribution in [0.25, 0.3) is 11.6 Å². The standard InChI is InChI=1S/C21H24BClN2O/c1-14-12-16-4-3-9-24-21(16)20(18-6-5-17(23)13-19(14)18)15-7-10-25(11-8-15)22(2)26/h3-6,9,12-13,15,20,26H,7-8,10-11H2,1-2H3. The van der Waals surface area contributed by atoms with Gasteiger partial charge in [0, 0.05) is 17.1 Å². The molecular formula is C21H24BClN2O. The fourth-order valence-corrected chi connectivity index (χ4v) is 4.69. The van der Waals surface area contributed by atoms with Gasteiger partial charge in [0.15, 0.2) is 0 Å². The van der Waals surface area contributed by atoms with E-state index in [1.165, 1.54) is 28.0 Å². The van der Waals surface area contributed by atoms with Crippen LogP contribution >= 0.6 is 11.6 Å². The monoisotopic (exact) mass is 366 g/mol. The van der Waals surface area contributed by atoms with Gasteiger partial charge in [-0.3, -0.25) is 4.98 Å². The van der Waals surface area contributed by atoms with Gasteiger partial charge in [-0.2, -0.15) is 0 Å². The summed E-state index contributed by atoms with van der Waals surface area (Å²) >= 11 is 6.32. The number of nitrogens with zero attached hydrogens (tertiary/aromatic N) is 2. The van der Waals surface area contributed by atoms with Crippen LogP contribution < -0.4 is 0 Å². The van der Waals surface area contributed by atoms with E-state index in [2.05, 4.69) is 36.0 Å². The number of aromatic nitrogens is 1. The third-order valence-corrected chi connectivity index (χ3v) is 6.12. The Hall–Kier alpha value is -1.62. The van der Waals surface area contributed by atoms with E-state index in [0.29, 0.717) is 5.92 Å². The van der Waals surface area contributed by atoms with Crippen LogP contribution in [0.15, 0.2) is 36.5 Å². The van der Waals surface area contributed by atoms with Crippen molar-refractivity contribution < 1.29 is 5.02 Å². The smallest absolute Gasteiger partial charge is 0.376 e. The van der Waals surface area contributed by atoms with Gasteiger partial charge >= 0.3 is 7.05 Å². The predicted molar refractivity (Wildman–Crippen MR) is 109 cm³/mol. The number of rotatable bonds is 2. The topological polar surface area (TPSA) is 36.4 Å². The molecule has 1 aromatic carbocycles. The van der Waals surface area contributed by atoms with Gasteiger partial charge in [0.05, 0.1) is 5.69 Å². The zero-order valence-electron chi connectivity index (χ0n) is 15.3. The highest BCUT2D eigenvalue weighted by Gasteiger charge is 2.34. The highest BCUT2D eigenvalue weighted by molar-refractivity contribution is 6.45. The molecule has 2 aromatic rings. The lowest BCUT2D eigenvalue weighted by Gasteiger charge is -2.37. The second-order valence-electron chi connectivity index (χ2n) is 7.52. The summed E-state index contributed by atoms with van der Waals surface area (Å²) in [6, 6.07) is 10.5. The summed E-state index contributed by atoms with van der Waals surface area (Å²) < 4.78 is 0. The van der Waals surface area contributed by atoms with E-state index in [9.17, 15) is 5.02 Å². The van der Waals surface area contributed by atoms with Gasteiger partial charge in [-0.15, -0.1) is 0 Å². The largest absolute Gasteiger partial charge is 0.437 e. The van der Waals surface area contributed by atoms with Gasteiger partial charge in [-0.25, -0.2) is 0 Å². The SMILES string of the molecule is CB(O)N1CCC(C2c3ccc(Cl)cc3C(C)=Cc3cccnc32)CC1. The second-order valence-corrected chi connectivity index (χ2v) is 7.96. The van der Waals surface area contributed by atoms with Gasteiger partial charge in [0.1, 0.15) is 0 Å². The van der Waals surface area contributed by atoms with Gasteiger partial charge in [0.25, 0.3) is 0 Å². The van der Waals surface area contributed by atoms with Crippen molar-refractivity contribution in [2.45, 2.75) is 32.5 Å². The zero-order valence-corrected chi connectivity index (χ0v) is 16.1. The summed E-state index contributed by atoms with van der Waals surface area (Å²) in [6.45, 7) is 5.87. The minimum Gasteiger partial charge on any atom is -0.437 e. The number of fused-ring (bicyclic) bond motifs is 2.